The highest BCUT2D eigenvalue weighted by Crippen LogP contribution is 2.32. The molecule has 0 unspecified atom stereocenters. The molecule has 10 nitrogen and oxygen atoms in total. The van der Waals surface area contributed by atoms with E-state index in [0.29, 0.717) is 34.4 Å². The SMILES string of the molecule is CC[C@H]1CN(c2ncc(NSOOC)cc2Cl)CCN1C1CCN(Cc2ccc(Cl)cc2NS(C)(=O)=O)CC1. The first-order valence-electron chi connectivity index (χ1n) is 12.9. The first kappa shape index (κ1) is 30.4. The van der Waals surface area contributed by atoms with Crippen LogP contribution in [0.2, 0.25) is 10.0 Å². The van der Waals surface area contributed by atoms with E-state index in [0.717, 1.165) is 87.5 Å². The number of anilines is 3. The lowest BCUT2D eigenvalue weighted by Gasteiger charge is -2.47. The highest BCUT2D eigenvalue weighted by molar-refractivity contribution is 7.95. The Morgan fingerprint density at radius 3 is 2.59 bits per heavy atom. The second kappa shape index (κ2) is 13.9. The Kier molecular flexibility index (Phi) is 10.9. The van der Waals surface area contributed by atoms with Crippen LogP contribution in [0.4, 0.5) is 17.2 Å². The number of benzene rings is 1. The second-order valence-corrected chi connectivity index (χ2v) is 13.0. The van der Waals surface area contributed by atoms with Crippen LogP contribution in [-0.4, -0.2) is 81.4 Å². The van der Waals surface area contributed by atoms with Crippen molar-refractivity contribution in [3.05, 3.63) is 46.1 Å². The summed E-state index contributed by atoms with van der Waals surface area (Å²) in [5, 5.41) is 1.11. The van der Waals surface area contributed by atoms with Gasteiger partial charge < -0.3 is 9.62 Å². The number of hydrogen-bond donors (Lipinski definition) is 2. The Morgan fingerprint density at radius 1 is 1.15 bits per heavy atom. The van der Waals surface area contributed by atoms with E-state index >= 15 is 0 Å². The van der Waals surface area contributed by atoms with Crippen molar-refractivity contribution in [2.45, 2.75) is 44.8 Å². The molecule has 0 bridgehead atoms. The molecule has 14 heteroatoms. The fourth-order valence-corrected chi connectivity index (χ4v) is 6.71. The van der Waals surface area contributed by atoms with Gasteiger partial charge in [0.15, 0.2) is 0 Å². The van der Waals surface area contributed by atoms with Crippen molar-refractivity contribution in [2.75, 3.05) is 60.4 Å². The van der Waals surface area contributed by atoms with Crippen LogP contribution in [-0.2, 0) is 25.8 Å². The lowest BCUT2D eigenvalue weighted by molar-refractivity contribution is -0.159. The van der Waals surface area contributed by atoms with Gasteiger partial charge in [0.05, 0.1) is 36.0 Å². The average Bonchev–Trinajstić information content (AvgIpc) is 2.90. The zero-order chi connectivity index (χ0) is 28.0. The molecule has 0 spiro atoms. The quantitative estimate of drug-likeness (QED) is 0.119. The highest BCUT2D eigenvalue weighted by Gasteiger charge is 2.34. The van der Waals surface area contributed by atoms with Crippen LogP contribution in [0.1, 0.15) is 31.7 Å². The third-order valence-electron chi connectivity index (χ3n) is 7.17. The van der Waals surface area contributed by atoms with Gasteiger partial charge in [-0.15, -0.1) is 4.33 Å². The van der Waals surface area contributed by atoms with Crippen LogP contribution in [0.15, 0.2) is 30.5 Å². The maximum absolute atomic E-state index is 11.8. The molecule has 4 rings (SSSR count). The van der Waals surface area contributed by atoms with Crippen molar-refractivity contribution in [3.8, 4) is 0 Å². The number of hydrogen-bond acceptors (Lipinski definition) is 10. The Morgan fingerprint density at radius 2 is 1.92 bits per heavy atom. The molecule has 2 saturated heterocycles. The first-order chi connectivity index (χ1) is 18.7. The van der Waals surface area contributed by atoms with Crippen molar-refractivity contribution in [1.82, 2.24) is 14.8 Å². The molecule has 2 aromatic rings. The summed E-state index contributed by atoms with van der Waals surface area (Å²) in [5.41, 5.74) is 2.22. The number of piperidine rings is 1. The van der Waals surface area contributed by atoms with Gasteiger partial charge >= 0.3 is 0 Å². The Bertz CT molecular complexity index is 1220. The molecule has 2 N–H and O–H groups in total. The number of nitrogens with zero attached hydrogens (tertiary/aromatic N) is 4. The Balaban J connectivity index is 1.33. The van der Waals surface area contributed by atoms with E-state index in [1.807, 2.05) is 18.2 Å². The minimum Gasteiger partial charge on any atom is -0.353 e. The summed E-state index contributed by atoms with van der Waals surface area (Å²) in [4.78, 5) is 16.5. The summed E-state index contributed by atoms with van der Waals surface area (Å²) >= 11 is 13.7. The lowest BCUT2D eigenvalue weighted by Crippen LogP contribution is -2.58. The van der Waals surface area contributed by atoms with Gasteiger partial charge in [-0.3, -0.25) is 14.5 Å². The summed E-state index contributed by atoms with van der Waals surface area (Å²) < 4.78 is 34.0. The van der Waals surface area contributed by atoms with Crippen molar-refractivity contribution in [2.24, 2.45) is 0 Å². The van der Waals surface area contributed by atoms with Crippen LogP contribution in [0.5, 0.6) is 0 Å². The van der Waals surface area contributed by atoms with E-state index < -0.39 is 10.0 Å². The second-order valence-electron chi connectivity index (χ2n) is 9.88. The standard InChI is InChI=1S/C25H36Cl2N6O4S2/c1-4-21-17-32(25-23(27)14-20(15-28-25)29-38-37-36-2)11-12-33(21)22-7-9-31(10-8-22)16-18-5-6-19(26)13-24(18)30-39(3,34)35/h5-6,13-15,21-22,29-30H,4,7-12,16-17H2,1-3H3/t21-/m0/s1. The predicted octanol–water partition coefficient (Wildman–Crippen LogP) is 4.88. The van der Waals surface area contributed by atoms with E-state index in [1.54, 1.807) is 12.3 Å². The van der Waals surface area contributed by atoms with E-state index in [-0.39, 0.29) is 0 Å². The van der Waals surface area contributed by atoms with Crippen molar-refractivity contribution >= 4 is 62.6 Å². The lowest BCUT2D eigenvalue weighted by atomic mass is 9.97. The number of aromatic nitrogens is 1. The smallest absolute Gasteiger partial charge is 0.229 e. The molecular formula is C25H36Cl2N6O4S2. The van der Waals surface area contributed by atoms with Crippen LogP contribution < -0.4 is 14.3 Å². The largest absolute Gasteiger partial charge is 0.353 e. The summed E-state index contributed by atoms with van der Waals surface area (Å²) in [7, 11) is -1.95. The summed E-state index contributed by atoms with van der Waals surface area (Å²) in [6.07, 6.45) is 6.08. The fourth-order valence-electron chi connectivity index (χ4n) is 5.36. The third-order valence-corrected chi connectivity index (χ3v) is 8.80. The number of sulfonamides is 1. The predicted molar refractivity (Wildman–Crippen MR) is 160 cm³/mol. The number of rotatable bonds is 11. The van der Waals surface area contributed by atoms with Gasteiger partial charge in [0.25, 0.3) is 0 Å². The molecule has 39 heavy (non-hydrogen) atoms. The molecule has 1 atom stereocenters. The Hall–Kier alpha value is -1.51. The van der Waals surface area contributed by atoms with Crippen molar-refractivity contribution < 1.29 is 17.6 Å². The van der Waals surface area contributed by atoms with Crippen molar-refractivity contribution in [3.63, 3.8) is 0 Å². The summed E-state index contributed by atoms with van der Waals surface area (Å²) in [6.45, 7) is 7.52. The molecule has 0 radical (unpaired) electrons. The minimum absolute atomic E-state index is 0.415. The molecule has 0 aliphatic carbocycles. The first-order valence-corrected chi connectivity index (χ1v) is 16.3. The fraction of sp³-hybridized carbons (Fsp3) is 0.560. The number of nitrogens with one attached hydrogen (secondary N) is 2. The van der Waals surface area contributed by atoms with Gasteiger partial charge in [0.1, 0.15) is 18.0 Å². The van der Waals surface area contributed by atoms with E-state index in [1.165, 1.54) is 7.11 Å². The molecule has 0 saturated carbocycles. The van der Waals surface area contributed by atoms with Gasteiger partial charge in [0, 0.05) is 43.3 Å². The molecule has 2 fully saturated rings. The van der Waals surface area contributed by atoms with Crippen LogP contribution in [0, 0.1) is 0 Å². The third kappa shape index (κ3) is 8.49. The maximum Gasteiger partial charge on any atom is 0.229 e. The number of likely N-dealkylation sites (tertiary alicyclic amines) is 1. The van der Waals surface area contributed by atoms with E-state index in [4.69, 9.17) is 27.5 Å². The summed E-state index contributed by atoms with van der Waals surface area (Å²) in [5.74, 6) is 0.800. The molecule has 3 heterocycles. The average molecular weight is 620 g/mol. The number of piperazine rings is 1. The van der Waals surface area contributed by atoms with Gasteiger partial charge in [-0.25, -0.2) is 18.3 Å². The maximum atomic E-state index is 11.8. The molecule has 2 aliphatic heterocycles. The highest BCUT2D eigenvalue weighted by atomic mass is 35.5. The van der Waals surface area contributed by atoms with E-state index in [9.17, 15) is 8.42 Å². The topological polar surface area (TPSA) is 99.3 Å². The zero-order valence-corrected chi connectivity index (χ0v) is 25.5. The van der Waals surface area contributed by atoms with Gasteiger partial charge in [-0.2, -0.15) is 0 Å². The molecule has 2 aliphatic rings. The number of halogens is 2. The van der Waals surface area contributed by atoms with Crippen molar-refractivity contribution in [1.29, 1.82) is 0 Å². The molecule has 1 aromatic heterocycles. The molecule has 1 aromatic carbocycles. The molecular weight excluding hydrogens is 583 g/mol. The minimum atomic E-state index is -3.39. The molecule has 216 valence electrons. The van der Waals surface area contributed by atoms with Crippen LogP contribution in [0.3, 0.4) is 0 Å². The monoisotopic (exact) mass is 618 g/mol. The zero-order valence-electron chi connectivity index (χ0n) is 22.4. The van der Waals surface area contributed by atoms with Gasteiger partial charge in [-0.1, -0.05) is 36.2 Å². The van der Waals surface area contributed by atoms with Gasteiger partial charge in [0.2, 0.25) is 10.0 Å². The Labute approximate surface area is 245 Å². The number of pyridine rings is 1. The van der Waals surface area contributed by atoms with E-state index in [2.05, 4.69) is 40.9 Å². The normalized spacial score (nSPS) is 19.8. The molecule has 0 amide bonds. The summed E-state index contributed by atoms with van der Waals surface area (Å²) in [6, 6.07) is 8.16. The van der Waals surface area contributed by atoms with Crippen LogP contribution in [0.25, 0.3) is 0 Å². The van der Waals surface area contributed by atoms with Crippen LogP contribution >= 0.6 is 35.4 Å². The van der Waals surface area contributed by atoms with Gasteiger partial charge in [-0.05, 0) is 56.1 Å².